The fourth-order valence-electron chi connectivity index (χ4n) is 1.38. The third-order valence-corrected chi connectivity index (χ3v) is 2.82. The summed E-state index contributed by atoms with van der Waals surface area (Å²) in [6.07, 6.45) is 0. The molecule has 13 heavy (non-hydrogen) atoms. The highest BCUT2D eigenvalue weighted by Crippen LogP contribution is 2.34. The summed E-state index contributed by atoms with van der Waals surface area (Å²) in [5, 5.41) is 3.89. The zero-order chi connectivity index (χ0) is 10.0. The van der Waals surface area contributed by atoms with Gasteiger partial charge in [0, 0.05) is 22.2 Å². The van der Waals surface area contributed by atoms with E-state index >= 15 is 0 Å². The molecule has 0 atom stereocenters. The minimum atomic E-state index is 0.481. The molecule has 0 aliphatic carbocycles. The Kier molecular flexibility index (Phi) is 3.63. The van der Waals surface area contributed by atoms with Crippen LogP contribution in [0.25, 0.3) is 0 Å². The van der Waals surface area contributed by atoms with Gasteiger partial charge in [-0.3, -0.25) is 0 Å². The monoisotopic (exact) mass is 261 g/mol. The summed E-state index contributed by atoms with van der Waals surface area (Å²) in [5.74, 6) is 0.481. The van der Waals surface area contributed by atoms with Crippen LogP contribution in [0.15, 0.2) is 16.6 Å². The molecule has 0 spiro atoms. The van der Waals surface area contributed by atoms with E-state index in [1.54, 1.807) is 0 Å². The second kappa shape index (κ2) is 4.34. The van der Waals surface area contributed by atoms with Crippen molar-refractivity contribution < 1.29 is 0 Å². The van der Waals surface area contributed by atoms with Gasteiger partial charge < -0.3 is 5.32 Å². The highest BCUT2D eigenvalue weighted by atomic mass is 79.9. The number of nitrogens with one attached hydrogen (secondary N) is 1. The van der Waals surface area contributed by atoms with Crippen LogP contribution in [0, 0.1) is 0 Å². The van der Waals surface area contributed by atoms with E-state index in [1.165, 1.54) is 5.56 Å². The first kappa shape index (κ1) is 10.9. The van der Waals surface area contributed by atoms with E-state index in [0.29, 0.717) is 5.92 Å². The predicted octanol–water partition coefficient (Wildman–Crippen LogP) is 4.27. The van der Waals surface area contributed by atoms with E-state index in [2.05, 4.69) is 35.1 Å². The smallest absolute Gasteiger partial charge is 0.0437 e. The average molecular weight is 263 g/mol. The van der Waals surface area contributed by atoms with Crippen LogP contribution in [0.5, 0.6) is 0 Å². The number of hydrogen-bond acceptors (Lipinski definition) is 1. The Morgan fingerprint density at radius 1 is 1.38 bits per heavy atom. The zero-order valence-corrected chi connectivity index (χ0v) is 10.3. The fraction of sp³-hybridized carbons (Fsp3) is 0.400. The quantitative estimate of drug-likeness (QED) is 0.839. The lowest BCUT2D eigenvalue weighted by Crippen LogP contribution is -1.98. The minimum absolute atomic E-state index is 0.481. The Hall–Kier alpha value is -0.210. The largest absolute Gasteiger partial charge is 0.388 e. The van der Waals surface area contributed by atoms with Gasteiger partial charge in [-0.05, 0) is 23.6 Å². The highest BCUT2D eigenvalue weighted by molar-refractivity contribution is 9.10. The van der Waals surface area contributed by atoms with Gasteiger partial charge in [0.2, 0.25) is 0 Å². The zero-order valence-electron chi connectivity index (χ0n) is 7.99. The van der Waals surface area contributed by atoms with Gasteiger partial charge in [0.25, 0.3) is 0 Å². The van der Waals surface area contributed by atoms with Crippen LogP contribution in [0.3, 0.4) is 0 Å². The molecule has 1 aromatic carbocycles. The average Bonchev–Trinajstić information content (AvgIpc) is 2.01. The molecular formula is C10H13BrClN. The first-order valence-electron chi connectivity index (χ1n) is 4.23. The van der Waals surface area contributed by atoms with E-state index in [0.717, 1.165) is 15.2 Å². The number of benzene rings is 1. The molecule has 1 nitrogen and oxygen atoms in total. The van der Waals surface area contributed by atoms with Gasteiger partial charge in [-0.1, -0.05) is 41.4 Å². The van der Waals surface area contributed by atoms with Crippen molar-refractivity contribution in [3.05, 3.63) is 27.2 Å². The van der Waals surface area contributed by atoms with Crippen LogP contribution in [0.2, 0.25) is 5.02 Å². The molecule has 0 amide bonds. The highest BCUT2D eigenvalue weighted by Gasteiger charge is 2.10. The van der Waals surface area contributed by atoms with Gasteiger partial charge in [-0.15, -0.1) is 0 Å². The minimum Gasteiger partial charge on any atom is -0.388 e. The second-order valence-electron chi connectivity index (χ2n) is 3.25. The Labute approximate surface area is 92.6 Å². The molecule has 0 saturated carbocycles. The molecule has 1 aromatic rings. The first-order valence-corrected chi connectivity index (χ1v) is 5.40. The molecular weight excluding hydrogens is 249 g/mol. The molecule has 0 unspecified atom stereocenters. The molecule has 3 heteroatoms. The normalized spacial score (nSPS) is 10.6. The standard InChI is InChI=1S/C10H13BrClN/c1-6(2)10-8(11)4-7(12)5-9(10)13-3/h4-6,13H,1-3H3. The molecule has 72 valence electrons. The van der Waals surface area contributed by atoms with Crippen LogP contribution in [-0.4, -0.2) is 7.05 Å². The number of halogens is 2. The van der Waals surface area contributed by atoms with Gasteiger partial charge in [-0.25, -0.2) is 0 Å². The lowest BCUT2D eigenvalue weighted by molar-refractivity contribution is 0.862. The summed E-state index contributed by atoms with van der Waals surface area (Å²) in [4.78, 5) is 0. The molecule has 0 aliphatic heterocycles. The number of anilines is 1. The molecule has 0 heterocycles. The maximum absolute atomic E-state index is 5.94. The van der Waals surface area contributed by atoms with Crippen molar-refractivity contribution in [2.45, 2.75) is 19.8 Å². The fourth-order valence-corrected chi connectivity index (χ4v) is 2.65. The molecule has 0 fully saturated rings. The Bertz CT molecular complexity index is 310. The van der Waals surface area contributed by atoms with E-state index in [1.807, 2.05) is 19.2 Å². The van der Waals surface area contributed by atoms with Crippen LogP contribution in [0.4, 0.5) is 5.69 Å². The molecule has 0 aromatic heterocycles. The molecule has 1 rings (SSSR count). The van der Waals surface area contributed by atoms with Crippen molar-refractivity contribution in [2.75, 3.05) is 12.4 Å². The van der Waals surface area contributed by atoms with E-state index in [-0.39, 0.29) is 0 Å². The molecule has 1 N–H and O–H groups in total. The summed E-state index contributed by atoms with van der Waals surface area (Å²) < 4.78 is 1.07. The summed E-state index contributed by atoms with van der Waals surface area (Å²) in [6.45, 7) is 4.32. The van der Waals surface area contributed by atoms with Gasteiger partial charge in [0.1, 0.15) is 0 Å². The first-order chi connectivity index (χ1) is 6.06. The lowest BCUT2D eigenvalue weighted by atomic mass is 10.0. The molecule has 0 saturated heterocycles. The van der Waals surface area contributed by atoms with Crippen LogP contribution in [-0.2, 0) is 0 Å². The summed E-state index contributed by atoms with van der Waals surface area (Å²) >= 11 is 9.45. The topological polar surface area (TPSA) is 12.0 Å². The van der Waals surface area contributed by atoms with Crippen molar-refractivity contribution >= 4 is 33.2 Å². The number of hydrogen-bond donors (Lipinski definition) is 1. The Balaban J connectivity index is 3.30. The summed E-state index contributed by atoms with van der Waals surface area (Å²) in [5.41, 5.74) is 2.36. The second-order valence-corrected chi connectivity index (χ2v) is 4.54. The van der Waals surface area contributed by atoms with Crippen molar-refractivity contribution in [1.29, 1.82) is 0 Å². The summed E-state index contributed by atoms with van der Waals surface area (Å²) in [6, 6.07) is 3.87. The molecule has 0 radical (unpaired) electrons. The third kappa shape index (κ3) is 2.38. The van der Waals surface area contributed by atoms with Gasteiger partial charge >= 0.3 is 0 Å². The Morgan fingerprint density at radius 3 is 2.46 bits per heavy atom. The van der Waals surface area contributed by atoms with Gasteiger partial charge in [-0.2, -0.15) is 0 Å². The molecule has 0 aliphatic rings. The van der Waals surface area contributed by atoms with Crippen LogP contribution >= 0.6 is 27.5 Å². The number of rotatable bonds is 2. The van der Waals surface area contributed by atoms with Gasteiger partial charge in [0.15, 0.2) is 0 Å². The van der Waals surface area contributed by atoms with Crippen LogP contribution in [0.1, 0.15) is 25.3 Å². The van der Waals surface area contributed by atoms with Gasteiger partial charge in [0.05, 0.1) is 0 Å². The Morgan fingerprint density at radius 2 is 2.00 bits per heavy atom. The lowest BCUT2D eigenvalue weighted by Gasteiger charge is -2.14. The SMILES string of the molecule is CNc1cc(Cl)cc(Br)c1C(C)C. The van der Waals surface area contributed by atoms with E-state index < -0.39 is 0 Å². The summed E-state index contributed by atoms with van der Waals surface area (Å²) in [7, 11) is 1.91. The molecule has 0 bridgehead atoms. The van der Waals surface area contributed by atoms with E-state index in [9.17, 15) is 0 Å². The third-order valence-electron chi connectivity index (χ3n) is 1.94. The van der Waals surface area contributed by atoms with Crippen LogP contribution < -0.4 is 5.32 Å². The maximum Gasteiger partial charge on any atom is 0.0437 e. The van der Waals surface area contributed by atoms with E-state index in [4.69, 9.17) is 11.6 Å². The predicted molar refractivity (Wildman–Crippen MR) is 62.8 cm³/mol. The van der Waals surface area contributed by atoms with Crippen molar-refractivity contribution in [3.8, 4) is 0 Å². The maximum atomic E-state index is 5.94. The van der Waals surface area contributed by atoms with Crippen molar-refractivity contribution in [2.24, 2.45) is 0 Å². The van der Waals surface area contributed by atoms with Crippen molar-refractivity contribution in [3.63, 3.8) is 0 Å². The van der Waals surface area contributed by atoms with Crippen molar-refractivity contribution in [1.82, 2.24) is 0 Å².